The first-order valence-electron chi connectivity index (χ1n) is 9.53. The number of benzene rings is 2. The molecule has 0 radical (unpaired) electrons. The van der Waals surface area contributed by atoms with E-state index in [2.05, 4.69) is 0 Å². The molecule has 0 aromatic heterocycles. The van der Waals surface area contributed by atoms with Gasteiger partial charge in [0, 0.05) is 0 Å². The molecule has 158 valence electrons. The van der Waals surface area contributed by atoms with E-state index >= 15 is 0 Å². The summed E-state index contributed by atoms with van der Waals surface area (Å²) < 4.78 is 52.7. The van der Waals surface area contributed by atoms with Crippen LogP contribution in [0.25, 0.3) is 0 Å². The molecule has 2 aromatic rings. The maximum absolute atomic E-state index is 14.0. The van der Waals surface area contributed by atoms with E-state index in [9.17, 15) is 18.0 Å². The Kier molecular flexibility index (Phi) is 7.29. The van der Waals surface area contributed by atoms with Crippen LogP contribution in [0.2, 0.25) is 5.04 Å². The van der Waals surface area contributed by atoms with Crippen molar-refractivity contribution < 1.29 is 27.1 Å². The molecule has 7 heteroatoms. The van der Waals surface area contributed by atoms with Crippen LogP contribution in [0.3, 0.4) is 0 Å². The highest BCUT2D eigenvalue weighted by atomic mass is 28.4. The Hall–Kier alpha value is -2.12. The van der Waals surface area contributed by atoms with Crippen molar-refractivity contribution >= 4 is 24.7 Å². The maximum atomic E-state index is 14.0. The highest BCUT2D eigenvalue weighted by molar-refractivity contribution is 6.99. The lowest BCUT2D eigenvalue weighted by atomic mass is 10.2. The van der Waals surface area contributed by atoms with Crippen molar-refractivity contribution in [2.24, 2.45) is 0 Å². The molecule has 29 heavy (non-hydrogen) atoms. The second-order valence-corrected chi connectivity index (χ2v) is 12.1. The lowest BCUT2D eigenvalue weighted by molar-refractivity contribution is -0.204. The zero-order chi connectivity index (χ0) is 21.7. The lowest BCUT2D eigenvalue weighted by Gasteiger charge is -2.45. The number of carbonyl (C=O) groups is 1. The molecule has 0 bridgehead atoms. The predicted octanol–water partition coefficient (Wildman–Crippen LogP) is 4.45. The molecular formula is C22H27F3O3Si. The summed E-state index contributed by atoms with van der Waals surface area (Å²) in [6, 6.07) is 18.0. The first-order valence-corrected chi connectivity index (χ1v) is 11.4. The van der Waals surface area contributed by atoms with Gasteiger partial charge in [-0.05, 0) is 22.3 Å². The smallest absolute Gasteiger partial charge is 0.413 e. The number of halogens is 3. The maximum Gasteiger partial charge on any atom is 0.413 e. The predicted molar refractivity (Wildman–Crippen MR) is 110 cm³/mol. The molecule has 2 rings (SSSR count). The first-order chi connectivity index (χ1) is 13.5. The SMILES string of the molecule is CCOC(=O)C[C@H](O[Si](c1ccccc1)(c1ccccc1)C(C)(C)C)C(F)(F)F. The standard InChI is InChI=1S/C22H27F3O3Si/c1-5-27-20(26)16-19(22(23,24)25)28-29(21(2,3)4,17-12-8-6-9-13-17)18-14-10-7-11-15-18/h6-15,19H,5,16H2,1-4H3/t19-/m0/s1. The third kappa shape index (κ3) is 5.28. The van der Waals surface area contributed by atoms with Gasteiger partial charge in [-0.15, -0.1) is 0 Å². The number of ether oxygens (including phenoxy) is 1. The van der Waals surface area contributed by atoms with E-state index < -0.39 is 38.0 Å². The number of hydrogen-bond acceptors (Lipinski definition) is 3. The molecule has 0 fully saturated rings. The van der Waals surface area contributed by atoms with Crippen LogP contribution in [0, 0.1) is 0 Å². The van der Waals surface area contributed by atoms with E-state index in [1.54, 1.807) is 31.2 Å². The highest BCUT2D eigenvalue weighted by Gasteiger charge is 2.55. The van der Waals surface area contributed by atoms with Crippen LogP contribution in [0.5, 0.6) is 0 Å². The summed E-state index contributed by atoms with van der Waals surface area (Å²) >= 11 is 0. The van der Waals surface area contributed by atoms with Crippen LogP contribution in [-0.4, -0.2) is 33.2 Å². The van der Waals surface area contributed by atoms with Crippen LogP contribution in [0.15, 0.2) is 60.7 Å². The van der Waals surface area contributed by atoms with E-state index in [4.69, 9.17) is 9.16 Å². The van der Waals surface area contributed by atoms with E-state index in [1.807, 2.05) is 57.2 Å². The van der Waals surface area contributed by atoms with Gasteiger partial charge in [0.2, 0.25) is 0 Å². The van der Waals surface area contributed by atoms with Gasteiger partial charge in [-0.2, -0.15) is 13.2 Å². The van der Waals surface area contributed by atoms with Crippen LogP contribution in [0.1, 0.15) is 34.1 Å². The number of esters is 1. The Bertz CT molecular complexity index is 747. The van der Waals surface area contributed by atoms with Crippen molar-refractivity contribution in [3.63, 3.8) is 0 Å². The zero-order valence-corrected chi connectivity index (χ0v) is 18.1. The molecule has 0 saturated heterocycles. The van der Waals surface area contributed by atoms with Crippen LogP contribution in [0.4, 0.5) is 13.2 Å². The minimum absolute atomic E-state index is 0.0165. The van der Waals surface area contributed by atoms with Crippen molar-refractivity contribution in [3.8, 4) is 0 Å². The molecule has 0 aliphatic heterocycles. The molecule has 0 unspecified atom stereocenters. The molecule has 0 spiro atoms. The quantitative estimate of drug-likeness (QED) is 0.487. The summed E-state index contributed by atoms with van der Waals surface area (Å²) in [4.78, 5) is 11.9. The third-order valence-electron chi connectivity index (χ3n) is 4.76. The molecular weight excluding hydrogens is 397 g/mol. The molecule has 0 amide bonds. The van der Waals surface area contributed by atoms with Crippen molar-refractivity contribution in [1.82, 2.24) is 0 Å². The van der Waals surface area contributed by atoms with Crippen molar-refractivity contribution in [1.29, 1.82) is 0 Å². The average molecular weight is 425 g/mol. The summed E-state index contributed by atoms with van der Waals surface area (Å²) in [7, 11) is -3.44. The molecule has 1 atom stereocenters. The fourth-order valence-electron chi connectivity index (χ4n) is 3.50. The lowest BCUT2D eigenvalue weighted by Crippen LogP contribution is -2.68. The topological polar surface area (TPSA) is 35.5 Å². The van der Waals surface area contributed by atoms with E-state index in [0.29, 0.717) is 0 Å². The van der Waals surface area contributed by atoms with E-state index in [0.717, 1.165) is 10.4 Å². The summed E-state index contributed by atoms with van der Waals surface area (Å²) in [6.07, 6.45) is -7.84. The molecule has 0 heterocycles. The van der Waals surface area contributed by atoms with Crippen molar-refractivity contribution in [3.05, 3.63) is 60.7 Å². The fourth-order valence-corrected chi connectivity index (χ4v) is 8.16. The fraction of sp³-hybridized carbons (Fsp3) is 0.409. The van der Waals surface area contributed by atoms with Crippen LogP contribution in [-0.2, 0) is 14.0 Å². The zero-order valence-electron chi connectivity index (χ0n) is 17.1. The second-order valence-electron chi connectivity index (χ2n) is 7.82. The van der Waals surface area contributed by atoms with Gasteiger partial charge in [0.05, 0.1) is 13.0 Å². The number of carbonyl (C=O) groups excluding carboxylic acids is 1. The van der Waals surface area contributed by atoms with Gasteiger partial charge in [-0.1, -0.05) is 81.4 Å². The Morgan fingerprint density at radius 1 is 0.931 bits per heavy atom. The van der Waals surface area contributed by atoms with Gasteiger partial charge in [-0.3, -0.25) is 4.79 Å². The highest BCUT2D eigenvalue weighted by Crippen LogP contribution is 2.40. The van der Waals surface area contributed by atoms with Gasteiger partial charge in [0.15, 0.2) is 6.10 Å². The molecule has 2 aromatic carbocycles. The minimum Gasteiger partial charge on any atom is -0.466 e. The summed E-state index contributed by atoms with van der Waals surface area (Å²) in [5.74, 6) is -0.923. The number of alkyl halides is 3. The minimum atomic E-state index is -4.71. The molecule has 0 saturated carbocycles. The molecule has 3 nitrogen and oxygen atoms in total. The normalized spacial score (nSPS) is 13.8. The Balaban J connectivity index is 2.67. The van der Waals surface area contributed by atoms with Crippen LogP contribution >= 0.6 is 0 Å². The summed E-state index contributed by atoms with van der Waals surface area (Å²) in [5.41, 5.74) is 0. The number of hydrogen-bond donors (Lipinski definition) is 0. The van der Waals surface area contributed by atoms with Crippen molar-refractivity contribution in [2.75, 3.05) is 6.61 Å². The van der Waals surface area contributed by atoms with E-state index in [-0.39, 0.29) is 6.61 Å². The summed E-state index contributed by atoms with van der Waals surface area (Å²) in [5, 5.41) is 0.807. The Morgan fingerprint density at radius 2 is 1.38 bits per heavy atom. The molecule has 0 N–H and O–H groups in total. The molecule has 0 aliphatic rings. The largest absolute Gasteiger partial charge is 0.466 e. The monoisotopic (exact) mass is 424 g/mol. The van der Waals surface area contributed by atoms with Gasteiger partial charge in [-0.25, -0.2) is 0 Å². The Labute approximate surface area is 171 Å². The van der Waals surface area contributed by atoms with Gasteiger partial charge < -0.3 is 9.16 Å². The van der Waals surface area contributed by atoms with Gasteiger partial charge >= 0.3 is 12.1 Å². The van der Waals surface area contributed by atoms with E-state index in [1.165, 1.54) is 0 Å². The second kappa shape index (κ2) is 9.13. The molecule has 0 aliphatic carbocycles. The van der Waals surface area contributed by atoms with Gasteiger partial charge in [0.25, 0.3) is 8.32 Å². The number of rotatable bonds is 7. The third-order valence-corrected chi connectivity index (χ3v) is 9.80. The summed E-state index contributed by atoms with van der Waals surface area (Å²) in [6.45, 7) is 7.23. The first kappa shape index (κ1) is 23.2. The van der Waals surface area contributed by atoms with Crippen LogP contribution < -0.4 is 10.4 Å². The van der Waals surface area contributed by atoms with Crippen molar-refractivity contribution in [2.45, 2.75) is 51.4 Å². The average Bonchev–Trinajstić information content (AvgIpc) is 2.65. The van der Waals surface area contributed by atoms with Gasteiger partial charge in [0.1, 0.15) is 0 Å². The Morgan fingerprint density at radius 3 is 1.72 bits per heavy atom.